The van der Waals surface area contributed by atoms with E-state index in [4.69, 9.17) is 0 Å². The fourth-order valence-corrected chi connectivity index (χ4v) is 4.75. The Hall–Kier alpha value is -2.66. The molecule has 0 radical (unpaired) electrons. The average Bonchev–Trinajstić information content (AvgIpc) is 3.32. The number of likely N-dealkylation sites (tertiary alicyclic amines) is 1. The van der Waals surface area contributed by atoms with Crippen molar-refractivity contribution < 1.29 is 0 Å². The first-order valence-corrected chi connectivity index (χ1v) is 9.83. The summed E-state index contributed by atoms with van der Waals surface area (Å²) in [6.45, 7) is 2.10. The Morgan fingerprint density at radius 1 is 0.963 bits per heavy atom. The van der Waals surface area contributed by atoms with Crippen LogP contribution in [-0.4, -0.2) is 38.8 Å². The lowest BCUT2D eigenvalue weighted by molar-refractivity contribution is 0.149. The molecule has 1 saturated heterocycles. The molecule has 3 aromatic rings. The molecule has 1 aromatic heterocycles. The van der Waals surface area contributed by atoms with Crippen LogP contribution in [-0.2, 0) is 12.8 Å². The molecule has 1 atom stereocenters. The van der Waals surface area contributed by atoms with Gasteiger partial charge in [-0.2, -0.15) is 5.10 Å². The van der Waals surface area contributed by atoms with Gasteiger partial charge < -0.3 is 0 Å². The van der Waals surface area contributed by atoms with E-state index < -0.39 is 0 Å². The van der Waals surface area contributed by atoms with E-state index in [-0.39, 0.29) is 11.6 Å². The lowest BCUT2D eigenvalue weighted by Gasteiger charge is -2.36. The SMILES string of the molecule is O=c1[nH]nc(C2CCCN(C3Cc4ccccc4C3)C2)n1-c1ccccc1. The molecule has 2 aromatic carbocycles. The second kappa shape index (κ2) is 6.82. The minimum atomic E-state index is -0.151. The molecule has 1 aliphatic heterocycles. The molecule has 5 rings (SSSR count). The molecule has 1 aliphatic carbocycles. The quantitative estimate of drug-likeness (QED) is 0.781. The Morgan fingerprint density at radius 3 is 2.41 bits per heavy atom. The summed E-state index contributed by atoms with van der Waals surface area (Å²) in [5.74, 6) is 1.15. The maximum Gasteiger partial charge on any atom is 0.347 e. The Labute approximate surface area is 158 Å². The number of H-pyrrole nitrogens is 1. The van der Waals surface area contributed by atoms with Crippen molar-refractivity contribution in [1.29, 1.82) is 0 Å². The molecular weight excluding hydrogens is 336 g/mol. The molecular formula is C22H24N4O. The van der Waals surface area contributed by atoms with Gasteiger partial charge in [-0.1, -0.05) is 42.5 Å². The van der Waals surface area contributed by atoms with Crippen LogP contribution in [0.2, 0.25) is 0 Å². The summed E-state index contributed by atoms with van der Waals surface area (Å²) < 4.78 is 1.75. The van der Waals surface area contributed by atoms with Crippen molar-refractivity contribution >= 4 is 0 Å². The second-order valence-electron chi connectivity index (χ2n) is 7.72. The summed E-state index contributed by atoms with van der Waals surface area (Å²) in [6.07, 6.45) is 4.49. The van der Waals surface area contributed by atoms with Crippen LogP contribution < -0.4 is 5.69 Å². The van der Waals surface area contributed by atoms with Gasteiger partial charge in [-0.25, -0.2) is 14.5 Å². The average molecular weight is 360 g/mol. The van der Waals surface area contributed by atoms with Crippen molar-refractivity contribution in [3.05, 3.63) is 82.0 Å². The third-order valence-corrected chi connectivity index (χ3v) is 6.08. The van der Waals surface area contributed by atoms with E-state index in [2.05, 4.69) is 39.4 Å². The first-order chi connectivity index (χ1) is 13.3. The molecule has 5 nitrogen and oxygen atoms in total. The van der Waals surface area contributed by atoms with Crippen molar-refractivity contribution in [3.8, 4) is 5.69 Å². The molecule has 0 bridgehead atoms. The number of nitrogens with one attached hydrogen (secondary N) is 1. The summed E-state index contributed by atoms with van der Waals surface area (Å²) in [7, 11) is 0. The van der Waals surface area contributed by atoms with E-state index in [1.165, 1.54) is 11.1 Å². The number of piperidine rings is 1. The highest BCUT2D eigenvalue weighted by Gasteiger charge is 2.33. The van der Waals surface area contributed by atoms with Crippen LogP contribution in [0.1, 0.15) is 35.7 Å². The predicted octanol–water partition coefficient (Wildman–Crippen LogP) is 2.91. The Balaban J connectivity index is 1.39. The molecule has 0 spiro atoms. The Kier molecular flexibility index (Phi) is 4.17. The van der Waals surface area contributed by atoms with Crippen molar-refractivity contribution in [1.82, 2.24) is 19.7 Å². The van der Waals surface area contributed by atoms with Crippen LogP contribution in [0.25, 0.3) is 5.69 Å². The van der Waals surface area contributed by atoms with Gasteiger partial charge in [0.1, 0.15) is 5.82 Å². The number of rotatable bonds is 3. The number of benzene rings is 2. The molecule has 0 saturated carbocycles. The van der Waals surface area contributed by atoms with E-state index >= 15 is 0 Å². The van der Waals surface area contributed by atoms with Gasteiger partial charge in [-0.05, 0) is 55.5 Å². The lowest BCUT2D eigenvalue weighted by atomic mass is 9.95. The van der Waals surface area contributed by atoms with Gasteiger partial charge in [0, 0.05) is 18.5 Å². The van der Waals surface area contributed by atoms with Crippen LogP contribution >= 0.6 is 0 Å². The van der Waals surface area contributed by atoms with Gasteiger partial charge in [-0.3, -0.25) is 4.90 Å². The smallest absolute Gasteiger partial charge is 0.299 e. The van der Waals surface area contributed by atoms with Crippen molar-refractivity contribution in [2.24, 2.45) is 0 Å². The summed E-state index contributed by atoms with van der Waals surface area (Å²) in [6, 6.07) is 19.2. The normalized spacial score (nSPS) is 20.7. The van der Waals surface area contributed by atoms with Crippen LogP contribution in [0.15, 0.2) is 59.4 Å². The zero-order valence-electron chi connectivity index (χ0n) is 15.3. The van der Waals surface area contributed by atoms with Gasteiger partial charge in [0.15, 0.2) is 0 Å². The summed E-state index contributed by atoms with van der Waals surface area (Å²) in [5.41, 5.74) is 3.72. The van der Waals surface area contributed by atoms with E-state index in [0.717, 1.165) is 50.3 Å². The number of hydrogen-bond acceptors (Lipinski definition) is 3. The zero-order chi connectivity index (χ0) is 18.2. The number of nitrogens with zero attached hydrogens (tertiary/aromatic N) is 3. The Morgan fingerprint density at radius 2 is 1.67 bits per heavy atom. The molecule has 2 heterocycles. The lowest BCUT2D eigenvalue weighted by Crippen LogP contribution is -2.43. The third-order valence-electron chi connectivity index (χ3n) is 6.08. The van der Waals surface area contributed by atoms with E-state index in [1.807, 2.05) is 30.3 Å². The summed E-state index contributed by atoms with van der Waals surface area (Å²) >= 11 is 0. The molecule has 0 amide bonds. The first-order valence-electron chi connectivity index (χ1n) is 9.83. The largest absolute Gasteiger partial charge is 0.347 e. The van der Waals surface area contributed by atoms with Crippen molar-refractivity contribution in [2.45, 2.75) is 37.6 Å². The molecule has 1 fully saturated rings. The first kappa shape index (κ1) is 16.5. The van der Waals surface area contributed by atoms with Gasteiger partial charge in [0.2, 0.25) is 0 Å². The molecule has 138 valence electrons. The van der Waals surface area contributed by atoms with Gasteiger partial charge >= 0.3 is 5.69 Å². The van der Waals surface area contributed by atoms with Crippen LogP contribution in [0.5, 0.6) is 0 Å². The van der Waals surface area contributed by atoms with Crippen LogP contribution in [0.4, 0.5) is 0 Å². The number of para-hydroxylation sites is 1. The third kappa shape index (κ3) is 3.02. The minimum Gasteiger partial charge on any atom is -0.299 e. The second-order valence-corrected chi connectivity index (χ2v) is 7.72. The van der Waals surface area contributed by atoms with E-state index in [9.17, 15) is 4.79 Å². The molecule has 27 heavy (non-hydrogen) atoms. The number of hydrogen-bond donors (Lipinski definition) is 1. The number of aromatic amines is 1. The molecule has 1 unspecified atom stereocenters. The number of aromatic nitrogens is 3. The van der Waals surface area contributed by atoms with Gasteiger partial charge in [0.25, 0.3) is 0 Å². The minimum absolute atomic E-state index is 0.151. The van der Waals surface area contributed by atoms with E-state index in [0.29, 0.717) is 6.04 Å². The van der Waals surface area contributed by atoms with Gasteiger partial charge in [-0.15, -0.1) is 0 Å². The van der Waals surface area contributed by atoms with Crippen molar-refractivity contribution in [3.63, 3.8) is 0 Å². The molecule has 1 N–H and O–H groups in total. The fraction of sp³-hybridized carbons (Fsp3) is 0.364. The monoisotopic (exact) mass is 360 g/mol. The predicted molar refractivity (Wildman–Crippen MR) is 105 cm³/mol. The molecule has 5 heteroatoms. The number of fused-ring (bicyclic) bond motifs is 1. The summed E-state index contributed by atoms with van der Waals surface area (Å²) in [4.78, 5) is 15.0. The highest BCUT2D eigenvalue weighted by atomic mass is 16.1. The van der Waals surface area contributed by atoms with Crippen molar-refractivity contribution in [2.75, 3.05) is 13.1 Å². The summed E-state index contributed by atoms with van der Waals surface area (Å²) in [5, 5.41) is 7.09. The Bertz CT molecular complexity index is 966. The van der Waals surface area contributed by atoms with E-state index in [1.54, 1.807) is 4.57 Å². The van der Waals surface area contributed by atoms with Gasteiger partial charge in [0.05, 0.1) is 5.69 Å². The van der Waals surface area contributed by atoms with Crippen LogP contribution in [0, 0.1) is 0 Å². The maximum absolute atomic E-state index is 12.4. The highest BCUT2D eigenvalue weighted by molar-refractivity contribution is 5.34. The highest BCUT2D eigenvalue weighted by Crippen LogP contribution is 2.32. The fourth-order valence-electron chi connectivity index (χ4n) is 4.75. The maximum atomic E-state index is 12.4. The zero-order valence-corrected chi connectivity index (χ0v) is 15.3. The standard InChI is InChI=1S/C22H24N4O/c27-22-24-23-21(26(22)19-10-2-1-3-11-19)18-9-6-12-25(15-18)20-13-16-7-4-5-8-17(16)14-20/h1-5,7-8,10-11,18,20H,6,9,12-15H2,(H,24,27). The topological polar surface area (TPSA) is 53.9 Å². The van der Waals surface area contributed by atoms with Crippen LogP contribution in [0.3, 0.4) is 0 Å². The molecule has 2 aliphatic rings.